The second kappa shape index (κ2) is 7.98. The molecule has 1 aromatic rings. The summed E-state index contributed by atoms with van der Waals surface area (Å²) in [6.07, 6.45) is 1.01. The number of halogens is 1. The fourth-order valence-electron chi connectivity index (χ4n) is 1.72. The number of benzene rings is 1. The van der Waals surface area contributed by atoms with Gasteiger partial charge in [-0.05, 0) is 44.9 Å². The number of carbonyl (C=O) groups is 1. The van der Waals surface area contributed by atoms with E-state index >= 15 is 0 Å². The van der Waals surface area contributed by atoms with Crippen molar-refractivity contribution in [2.45, 2.75) is 45.7 Å². The molecule has 0 atom stereocenters. The average molecular weight is 296 g/mol. The van der Waals surface area contributed by atoms with E-state index < -0.39 is 0 Å². The second-order valence-corrected chi connectivity index (χ2v) is 6.02. The SMILES string of the molecule is CNC(=O)CCCOc1cc(F)cc(CNC(C)(C)C)c1. The second-order valence-electron chi connectivity index (χ2n) is 6.02. The molecule has 0 radical (unpaired) electrons. The zero-order valence-electron chi connectivity index (χ0n) is 13.3. The van der Waals surface area contributed by atoms with Gasteiger partial charge in [0.2, 0.25) is 5.91 Å². The lowest BCUT2D eigenvalue weighted by Crippen LogP contribution is -2.35. The minimum Gasteiger partial charge on any atom is -0.493 e. The monoisotopic (exact) mass is 296 g/mol. The molecule has 0 aliphatic heterocycles. The number of hydrogen-bond donors (Lipinski definition) is 2. The van der Waals surface area contributed by atoms with Crippen molar-refractivity contribution in [3.05, 3.63) is 29.6 Å². The van der Waals surface area contributed by atoms with Crippen LogP contribution in [0.3, 0.4) is 0 Å². The van der Waals surface area contributed by atoms with Crippen LogP contribution in [-0.4, -0.2) is 25.1 Å². The van der Waals surface area contributed by atoms with E-state index in [4.69, 9.17) is 4.74 Å². The van der Waals surface area contributed by atoms with Gasteiger partial charge in [0.05, 0.1) is 6.61 Å². The van der Waals surface area contributed by atoms with E-state index in [1.165, 1.54) is 12.1 Å². The number of rotatable bonds is 7. The molecule has 0 bridgehead atoms. The zero-order valence-corrected chi connectivity index (χ0v) is 13.3. The highest BCUT2D eigenvalue weighted by Crippen LogP contribution is 2.17. The van der Waals surface area contributed by atoms with Gasteiger partial charge in [-0.25, -0.2) is 4.39 Å². The zero-order chi connectivity index (χ0) is 15.9. The third kappa shape index (κ3) is 7.66. The summed E-state index contributed by atoms with van der Waals surface area (Å²) in [5.41, 5.74) is 0.812. The molecule has 0 aliphatic carbocycles. The quantitative estimate of drug-likeness (QED) is 0.761. The molecule has 0 saturated carbocycles. The summed E-state index contributed by atoms with van der Waals surface area (Å²) < 4.78 is 19.1. The Bertz CT molecular complexity index is 470. The van der Waals surface area contributed by atoms with E-state index in [2.05, 4.69) is 31.4 Å². The van der Waals surface area contributed by atoms with Crippen molar-refractivity contribution in [2.75, 3.05) is 13.7 Å². The normalized spacial score (nSPS) is 11.3. The van der Waals surface area contributed by atoms with E-state index in [9.17, 15) is 9.18 Å². The van der Waals surface area contributed by atoms with Gasteiger partial charge in [-0.2, -0.15) is 0 Å². The van der Waals surface area contributed by atoms with Crippen molar-refractivity contribution in [3.8, 4) is 5.75 Å². The van der Waals surface area contributed by atoms with Crippen molar-refractivity contribution in [3.63, 3.8) is 0 Å². The van der Waals surface area contributed by atoms with Crippen LogP contribution in [-0.2, 0) is 11.3 Å². The summed E-state index contributed by atoms with van der Waals surface area (Å²) in [4.78, 5) is 11.1. The highest BCUT2D eigenvalue weighted by atomic mass is 19.1. The van der Waals surface area contributed by atoms with Crippen molar-refractivity contribution in [1.29, 1.82) is 0 Å². The minimum absolute atomic E-state index is 0.0205. The average Bonchev–Trinajstić information content (AvgIpc) is 2.40. The Morgan fingerprint density at radius 1 is 1.29 bits per heavy atom. The highest BCUT2D eigenvalue weighted by Gasteiger charge is 2.10. The summed E-state index contributed by atoms with van der Waals surface area (Å²) >= 11 is 0. The van der Waals surface area contributed by atoms with Gasteiger partial charge in [0.25, 0.3) is 0 Å². The van der Waals surface area contributed by atoms with Crippen LogP contribution in [0.4, 0.5) is 4.39 Å². The van der Waals surface area contributed by atoms with Gasteiger partial charge >= 0.3 is 0 Å². The molecular weight excluding hydrogens is 271 g/mol. The summed E-state index contributed by atoms with van der Waals surface area (Å²) in [7, 11) is 1.60. The van der Waals surface area contributed by atoms with Crippen molar-refractivity contribution >= 4 is 5.91 Å². The van der Waals surface area contributed by atoms with Gasteiger partial charge in [0, 0.05) is 31.6 Å². The molecule has 0 spiro atoms. The first-order chi connectivity index (χ1) is 9.80. The van der Waals surface area contributed by atoms with Crippen molar-refractivity contribution in [2.24, 2.45) is 0 Å². The third-order valence-corrected chi connectivity index (χ3v) is 2.85. The maximum atomic E-state index is 13.6. The van der Waals surface area contributed by atoms with Crippen LogP contribution in [0.2, 0.25) is 0 Å². The van der Waals surface area contributed by atoms with E-state index in [1.54, 1.807) is 7.05 Å². The van der Waals surface area contributed by atoms with E-state index in [1.807, 2.05) is 6.07 Å². The van der Waals surface area contributed by atoms with Gasteiger partial charge in [-0.15, -0.1) is 0 Å². The maximum absolute atomic E-state index is 13.6. The molecule has 2 N–H and O–H groups in total. The maximum Gasteiger partial charge on any atom is 0.219 e. The molecule has 0 aromatic heterocycles. The van der Waals surface area contributed by atoms with Crippen LogP contribution in [0.15, 0.2) is 18.2 Å². The molecule has 0 saturated heterocycles. The Balaban J connectivity index is 2.51. The summed E-state index contributed by atoms with van der Waals surface area (Å²) in [5, 5.41) is 5.86. The number of carbonyl (C=O) groups excluding carboxylic acids is 1. The molecule has 1 aromatic carbocycles. The molecule has 1 amide bonds. The van der Waals surface area contributed by atoms with Crippen LogP contribution in [0.5, 0.6) is 5.75 Å². The number of ether oxygens (including phenoxy) is 1. The van der Waals surface area contributed by atoms with Crippen LogP contribution in [0, 0.1) is 5.82 Å². The first-order valence-electron chi connectivity index (χ1n) is 7.18. The van der Waals surface area contributed by atoms with Crippen molar-refractivity contribution < 1.29 is 13.9 Å². The van der Waals surface area contributed by atoms with Crippen LogP contribution in [0.1, 0.15) is 39.2 Å². The van der Waals surface area contributed by atoms with E-state index in [0.29, 0.717) is 31.7 Å². The molecule has 118 valence electrons. The first-order valence-corrected chi connectivity index (χ1v) is 7.18. The summed E-state index contributed by atoms with van der Waals surface area (Å²) in [6, 6.07) is 4.68. The lowest BCUT2D eigenvalue weighted by atomic mass is 10.1. The predicted molar refractivity (Wildman–Crippen MR) is 81.8 cm³/mol. The standard InChI is InChI=1S/C16H25FN2O2/c1-16(2,3)19-11-12-8-13(17)10-14(9-12)21-7-5-6-15(20)18-4/h8-10,19H,5-7,11H2,1-4H3,(H,18,20). The Labute approximate surface area is 126 Å². The molecule has 0 heterocycles. The molecule has 0 fully saturated rings. The number of nitrogens with one attached hydrogen (secondary N) is 2. The van der Waals surface area contributed by atoms with Gasteiger partial charge in [0.15, 0.2) is 0 Å². The fourth-order valence-corrected chi connectivity index (χ4v) is 1.72. The fraction of sp³-hybridized carbons (Fsp3) is 0.562. The van der Waals surface area contributed by atoms with Crippen LogP contribution < -0.4 is 15.4 Å². The first kappa shape index (κ1) is 17.4. The van der Waals surface area contributed by atoms with Gasteiger partial charge < -0.3 is 15.4 Å². The Morgan fingerprint density at radius 2 is 2.00 bits per heavy atom. The third-order valence-electron chi connectivity index (χ3n) is 2.85. The van der Waals surface area contributed by atoms with E-state index in [0.717, 1.165) is 5.56 Å². The van der Waals surface area contributed by atoms with Crippen molar-refractivity contribution in [1.82, 2.24) is 10.6 Å². The minimum atomic E-state index is -0.315. The van der Waals surface area contributed by atoms with E-state index in [-0.39, 0.29) is 17.3 Å². The lowest BCUT2D eigenvalue weighted by molar-refractivity contribution is -0.120. The number of hydrogen-bond acceptors (Lipinski definition) is 3. The molecule has 1 rings (SSSR count). The summed E-state index contributed by atoms with van der Waals surface area (Å²) in [6.45, 7) is 7.15. The molecule has 21 heavy (non-hydrogen) atoms. The lowest BCUT2D eigenvalue weighted by Gasteiger charge is -2.20. The topological polar surface area (TPSA) is 50.4 Å². The molecule has 5 heteroatoms. The largest absolute Gasteiger partial charge is 0.493 e. The highest BCUT2D eigenvalue weighted by molar-refractivity contribution is 5.75. The molecule has 0 unspecified atom stereocenters. The smallest absolute Gasteiger partial charge is 0.219 e. The van der Waals surface area contributed by atoms with Gasteiger partial charge in [-0.1, -0.05) is 0 Å². The van der Waals surface area contributed by atoms with Gasteiger partial charge in [-0.3, -0.25) is 4.79 Å². The van der Waals surface area contributed by atoms with Crippen LogP contribution >= 0.6 is 0 Å². The molecular formula is C16H25FN2O2. The predicted octanol–water partition coefficient (Wildman–Crippen LogP) is 2.62. The molecule has 4 nitrogen and oxygen atoms in total. The Hall–Kier alpha value is -1.62. The Kier molecular flexibility index (Phi) is 6.62. The van der Waals surface area contributed by atoms with Gasteiger partial charge in [0.1, 0.15) is 11.6 Å². The molecule has 0 aliphatic rings. The van der Waals surface area contributed by atoms with Crippen LogP contribution in [0.25, 0.3) is 0 Å². The summed E-state index contributed by atoms with van der Waals surface area (Å²) in [5.74, 6) is 0.162. The number of amides is 1. The Morgan fingerprint density at radius 3 is 2.62 bits per heavy atom.